The third-order valence-electron chi connectivity index (χ3n) is 5.42. The highest BCUT2D eigenvalue weighted by atomic mass is 16.1. The van der Waals surface area contributed by atoms with Crippen LogP contribution in [0.4, 0.5) is 11.5 Å². The Morgan fingerprint density at radius 1 is 1.04 bits per heavy atom. The number of benzene rings is 2. The van der Waals surface area contributed by atoms with Crippen molar-refractivity contribution in [2.24, 2.45) is 0 Å². The predicted octanol–water partition coefficient (Wildman–Crippen LogP) is 3.35. The van der Waals surface area contributed by atoms with Gasteiger partial charge in [-0.3, -0.25) is 9.55 Å². The van der Waals surface area contributed by atoms with Crippen LogP contribution in [0.25, 0.3) is 28.0 Å². The minimum absolute atomic E-state index is 0.179. The van der Waals surface area contributed by atoms with Gasteiger partial charge in [-0.2, -0.15) is 0 Å². The molecule has 0 aliphatic carbocycles. The normalized spacial score (nSPS) is 14.1. The Kier molecular flexibility index (Phi) is 3.93. The lowest BCUT2D eigenvalue weighted by Gasteiger charge is -2.18. The molecule has 5 rings (SSSR count). The van der Waals surface area contributed by atoms with Gasteiger partial charge in [0.25, 0.3) is 0 Å². The Labute approximate surface area is 162 Å². The van der Waals surface area contributed by atoms with Crippen molar-refractivity contribution in [1.29, 1.82) is 0 Å². The maximum absolute atomic E-state index is 12.8. The van der Waals surface area contributed by atoms with E-state index in [2.05, 4.69) is 49.4 Å². The lowest BCUT2D eigenvalue weighted by molar-refractivity contribution is 0.949. The van der Waals surface area contributed by atoms with Crippen molar-refractivity contribution in [2.75, 3.05) is 30.4 Å². The first-order valence-electron chi connectivity index (χ1n) is 9.56. The van der Waals surface area contributed by atoms with Crippen molar-refractivity contribution in [1.82, 2.24) is 19.5 Å². The molecule has 0 radical (unpaired) electrons. The standard InChI is InChI=1S/C21H22N6O/c1-22-20-19(14-4-6-15(7-5-14)26-10-2-3-11-26)27(21(28)25-20)16-8-9-17-18(12-16)24-13-23-17/h4-9,12-13,22H,2-3,10-11H2,1H3,(H,23,24)(H,25,28). The van der Waals surface area contributed by atoms with E-state index in [0.717, 1.165) is 41.1 Å². The Bertz CT molecular complexity index is 1180. The SMILES string of the molecule is CNc1[nH]c(=O)n(-c2ccc3nc[nH]c3c2)c1-c1ccc(N2CCCC2)cc1. The van der Waals surface area contributed by atoms with Crippen LogP contribution in [0.5, 0.6) is 0 Å². The minimum Gasteiger partial charge on any atom is -0.373 e. The van der Waals surface area contributed by atoms with Crippen molar-refractivity contribution in [3.63, 3.8) is 0 Å². The second-order valence-corrected chi connectivity index (χ2v) is 7.08. The molecule has 2 aromatic heterocycles. The topological polar surface area (TPSA) is 81.7 Å². The fraction of sp³-hybridized carbons (Fsp3) is 0.238. The Morgan fingerprint density at radius 2 is 1.79 bits per heavy atom. The molecule has 0 amide bonds. The smallest absolute Gasteiger partial charge is 0.332 e. The van der Waals surface area contributed by atoms with Gasteiger partial charge in [-0.1, -0.05) is 12.1 Å². The third kappa shape index (κ3) is 2.67. The van der Waals surface area contributed by atoms with E-state index in [0.29, 0.717) is 5.82 Å². The first-order chi connectivity index (χ1) is 13.7. The first-order valence-corrected chi connectivity index (χ1v) is 9.56. The summed E-state index contributed by atoms with van der Waals surface area (Å²) < 4.78 is 1.71. The van der Waals surface area contributed by atoms with E-state index in [1.54, 1.807) is 10.9 Å². The summed E-state index contributed by atoms with van der Waals surface area (Å²) in [7, 11) is 1.82. The molecule has 0 saturated carbocycles. The lowest BCUT2D eigenvalue weighted by Crippen LogP contribution is -2.17. The van der Waals surface area contributed by atoms with Crippen LogP contribution >= 0.6 is 0 Å². The number of imidazole rings is 2. The molecule has 1 saturated heterocycles. The number of fused-ring (bicyclic) bond motifs is 1. The van der Waals surface area contributed by atoms with Crippen molar-refractivity contribution >= 4 is 22.5 Å². The van der Waals surface area contributed by atoms with Gasteiger partial charge < -0.3 is 15.2 Å². The molecule has 1 aliphatic heterocycles. The number of hydrogen-bond donors (Lipinski definition) is 3. The van der Waals surface area contributed by atoms with Gasteiger partial charge in [0.2, 0.25) is 0 Å². The van der Waals surface area contributed by atoms with Crippen LogP contribution in [-0.4, -0.2) is 39.7 Å². The highest BCUT2D eigenvalue weighted by molar-refractivity contribution is 5.80. The highest BCUT2D eigenvalue weighted by Crippen LogP contribution is 2.31. The molecule has 7 heteroatoms. The molecule has 1 aliphatic rings. The second kappa shape index (κ2) is 6.60. The van der Waals surface area contributed by atoms with Crippen LogP contribution in [0.2, 0.25) is 0 Å². The van der Waals surface area contributed by atoms with E-state index in [4.69, 9.17) is 0 Å². The van der Waals surface area contributed by atoms with Gasteiger partial charge in [-0.05, 0) is 43.2 Å². The van der Waals surface area contributed by atoms with Gasteiger partial charge in [0.1, 0.15) is 5.82 Å². The van der Waals surface area contributed by atoms with E-state index in [9.17, 15) is 4.79 Å². The maximum Gasteiger partial charge on any atom is 0.332 e. The van der Waals surface area contributed by atoms with Crippen LogP contribution in [0, 0.1) is 0 Å². The number of aromatic amines is 2. The summed E-state index contributed by atoms with van der Waals surface area (Å²) in [6.07, 6.45) is 4.16. The number of anilines is 2. The molecular formula is C21H22N6O. The molecule has 0 spiro atoms. The van der Waals surface area contributed by atoms with E-state index in [1.807, 2.05) is 25.2 Å². The van der Waals surface area contributed by atoms with Crippen LogP contribution in [0.15, 0.2) is 53.6 Å². The Balaban J connectivity index is 1.63. The summed E-state index contributed by atoms with van der Waals surface area (Å²) in [5.74, 6) is 0.698. The monoisotopic (exact) mass is 374 g/mol. The lowest BCUT2D eigenvalue weighted by atomic mass is 10.1. The molecular weight excluding hydrogens is 352 g/mol. The number of aromatic nitrogens is 4. The fourth-order valence-corrected chi connectivity index (χ4v) is 4.00. The molecule has 4 aromatic rings. The quantitative estimate of drug-likeness (QED) is 0.512. The van der Waals surface area contributed by atoms with Crippen LogP contribution in [-0.2, 0) is 0 Å². The predicted molar refractivity (Wildman–Crippen MR) is 112 cm³/mol. The van der Waals surface area contributed by atoms with Gasteiger partial charge in [0.15, 0.2) is 0 Å². The summed E-state index contributed by atoms with van der Waals surface area (Å²) in [6, 6.07) is 14.2. The number of nitrogens with zero attached hydrogens (tertiary/aromatic N) is 3. The number of hydrogen-bond acceptors (Lipinski definition) is 4. The molecule has 3 heterocycles. The zero-order valence-electron chi connectivity index (χ0n) is 15.7. The summed E-state index contributed by atoms with van der Waals surface area (Å²) in [5.41, 5.74) is 5.41. The van der Waals surface area contributed by atoms with Gasteiger partial charge in [-0.15, -0.1) is 0 Å². The van der Waals surface area contributed by atoms with Crippen LogP contribution < -0.4 is 15.9 Å². The van der Waals surface area contributed by atoms with Crippen LogP contribution in [0.1, 0.15) is 12.8 Å². The Morgan fingerprint density at radius 3 is 2.54 bits per heavy atom. The molecule has 2 aromatic carbocycles. The van der Waals surface area contributed by atoms with E-state index >= 15 is 0 Å². The largest absolute Gasteiger partial charge is 0.373 e. The van der Waals surface area contributed by atoms with Gasteiger partial charge in [0.05, 0.1) is 28.7 Å². The number of H-pyrrole nitrogens is 2. The van der Waals surface area contributed by atoms with Gasteiger partial charge in [0, 0.05) is 31.4 Å². The molecule has 28 heavy (non-hydrogen) atoms. The molecule has 142 valence electrons. The van der Waals surface area contributed by atoms with Gasteiger partial charge >= 0.3 is 5.69 Å². The zero-order chi connectivity index (χ0) is 19.1. The summed E-state index contributed by atoms with van der Waals surface area (Å²) in [4.78, 5) is 25.5. The van der Waals surface area contributed by atoms with Crippen molar-refractivity contribution in [3.8, 4) is 16.9 Å². The maximum atomic E-state index is 12.8. The molecule has 7 nitrogen and oxygen atoms in total. The average molecular weight is 374 g/mol. The van der Waals surface area contributed by atoms with Crippen LogP contribution in [0.3, 0.4) is 0 Å². The summed E-state index contributed by atoms with van der Waals surface area (Å²) in [6.45, 7) is 2.22. The fourth-order valence-electron chi connectivity index (χ4n) is 4.00. The van der Waals surface area contributed by atoms with E-state index < -0.39 is 0 Å². The van der Waals surface area contributed by atoms with Crippen molar-refractivity contribution < 1.29 is 0 Å². The summed E-state index contributed by atoms with van der Waals surface area (Å²) >= 11 is 0. The molecule has 0 unspecified atom stereocenters. The van der Waals surface area contributed by atoms with Crippen molar-refractivity contribution in [2.45, 2.75) is 12.8 Å². The van der Waals surface area contributed by atoms with Crippen molar-refractivity contribution in [3.05, 3.63) is 59.3 Å². The first kappa shape index (κ1) is 16.7. The molecule has 3 N–H and O–H groups in total. The third-order valence-corrected chi connectivity index (χ3v) is 5.42. The second-order valence-electron chi connectivity index (χ2n) is 7.08. The number of rotatable bonds is 4. The minimum atomic E-state index is -0.179. The zero-order valence-corrected chi connectivity index (χ0v) is 15.7. The molecule has 0 atom stereocenters. The highest BCUT2D eigenvalue weighted by Gasteiger charge is 2.18. The average Bonchev–Trinajstić information content (AvgIpc) is 3.47. The van der Waals surface area contributed by atoms with E-state index in [-0.39, 0.29) is 5.69 Å². The number of nitrogens with one attached hydrogen (secondary N) is 3. The van der Waals surface area contributed by atoms with Gasteiger partial charge in [-0.25, -0.2) is 9.78 Å². The Hall–Kier alpha value is -3.48. The molecule has 0 bridgehead atoms. The molecule has 1 fully saturated rings. The summed E-state index contributed by atoms with van der Waals surface area (Å²) in [5, 5.41) is 3.12. The van der Waals surface area contributed by atoms with E-state index in [1.165, 1.54) is 18.5 Å².